The number of furan rings is 1. The van der Waals surface area contributed by atoms with Crippen LogP contribution in [0.25, 0.3) is 6.08 Å². The van der Waals surface area contributed by atoms with E-state index in [2.05, 4.69) is 10.1 Å². The topological polar surface area (TPSA) is 77.8 Å². The van der Waals surface area contributed by atoms with Crippen LogP contribution in [0.5, 0.6) is 5.75 Å². The van der Waals surface area contributed by atoms with E-state index in [1.165, 1.54) is 13.2 Å². The second kappa shape index (κ2) is 8.73. The number of nitrogens with one attached hydrogen (secondary N) is 1. The Morgan fingerprint density at radius 2 is 2.00 bits per heavy atom. The molecule has 1 aromatic heterocycles. The summed E-state index contributed by atoms with van der Waals surface area (Å²) in [6, 6.07) is 9.05. The van der Waals surface area contributed by atoms with E-state index in [1.807, 2.05) is 19.1 Å². The molecular weight excluding hydrogens is 322 g/mol. The van der Waals surface area contributed by atoms with Gasteiger partial charge in [-0.25, -0.2) is 0 Å². The highest BCUT2D eigenvalue weighted by molar-refractivity contribution is 6.02. The average Bonchev–Trinajstić information content (AvgIpc) is 3.06. The largest absolute Gasteiger partial charge is 0.495 e. The van der Waals surface area contributed by atoms with E-state index in [4.69, 9.17) is 9.15 Å². The number of esters is 1. The van der Waals surface area contributed by atoms with Crippen molar-refractivity contribution in [1.29, 1.82) is 0 Å². The van der Waals surface area contributed by atoms with Crippen LogP contribution in [0.15, 0.2) is 40.8 Å². The molecule has 132 valence electrons. The second-order valence-electron chi connectivity index (χ2n) is 5.41. The molecule has 0 fully saturated rings. The van der Waals surface area contributed by atoms with Crippen LogP contribution in [0, 0.1) is 6.92 Å². The Morgan fingerprint density at radius 1 is 1.20 bits per heavy atom. The minimum absolute atomic E-state index is 0.251. The van der Waals surface area contributed by atoms with Crippen molar-refractivity contribution in [2.75, 3.05) is 19.5 Å². The van der Waals surface area contributed by atoms with E-state index in [9.17, 15) is 9.59 Å². The third-order valence-electron chi connectivity index (χ3n) is 3.50. The lowest BCUT2D eigenvalue weighted by molar-refractivity contribution is -0.140. The van der Waals surface area contributed by atoms with Gasteiger partial charge in [-0.3, -0.25) is 9.59 Å². The summed E-state index contributed by atoms with van der Waals surface area (Å²) in [4.78, 5) is 23.2. The van der Waals surface area contributed by atoms with E-state index in [-0.39, 0.29) is 18.3 Å². The van der Waals surface area contributed by atoms with E-state index in [1.54, 1.807) is 31.4 Å². The summed E-state index contributed by atoms with van der Waals surface area (Å²) >= 11 is 0. The van der Waals surface area contributed by atoms with E-state index < -0.39 is 0 Å². The van der Waals surface area contributed by atoms with Gasteiger partial charge in [0.25, 0.3) is 0 Å². The molecule has 0 radical (unpaired) electrons. The Kier molecular flexibility index (Phi) is 6.39. The van der Waals surface area contributed by atoms with Gasteiger partial charge in [-0.2, -0.15) is 0 Å². The van der Waals surface area contributed by atoms with Gasteiger partial charge in [-0.1, -0.05) is 6.07 Å². The van der Waals surface area contributed by atoms with Crippen molar-refractivity contribution < 1.29 is 23.5 Å². The van der Waals surface area contributed by atoms with Crippen molar-refractivity contribution in [2.45, 2.75) is 19.8 Å². The van der Waals surface area contributed by atoms with Gasteiger partial charge < -0.3 is 19.2 Å². The Labute approximate surface area is 146 Å². The lowest BCUT2D eigenvalue weighted by atomic mass is 10.2. The molecule has 0 aliphatic rings. The Hall–Kier alpha value is -3.02. The SMILES string of the molecule is COC(=O)CCc1ccc(/C=C/C(=O)Nc2cc(C)ccc2OC)o1. The standard InChI is InChI=1S/C19H21NO5/c1-13-4-9-17(23-2)16(12-13)20-18(21)10-7-14-5-6-15(25-14)8-11-19(22)24-3/h4-7,9-10,12H,8,11H2,1-3H3,(H,20,21)/b10-7+. The molecule has 6 heteroatoms. The van der Waals surface area contributed by atoms with Gasteiger partial charge in [0.1, 0.15) is 17.3 Å². The number of carbonyl (C=O) groups excluding carboxylic acids is 2. The molecule has 0 saturated heterocycles. The van der Waals surface area contributed by atoms with Gasteiger partial charge in [0.2, 0.25) is 5.91 Å². The Morgan fingerprint density at radius 3 is 2.72 bits per heavy atom. The van der Waals surface area contributed by atoms with Crippen LogP contribution >= 0.6 is 0 Å². The van der Waals surface area contributed by atoms with Crippen LogP contribution < -0.4 is 10.1 Å². The molecule has 6 nitrogen and oxygen atoms in total. The maximum absolute atomic E-state index is 12.1. The van der Waals surface area contributed by atoms with Crippen LogP contribution in [0.1, 0.15) is 23.5 Å². The number of carbonyl (C=O) groups is 2. The van der Waals surface area contributed by atoms with Crippen LogP contribution in [0.3, 0.4) is 0 Å². The molecule has 2 rings (SSSR count). The zero-order valence-electron chi connectivity index (χ0n) is 14.5. The summed E-state index contributed by atoms with van der Waals surface area (Å²) < 4.78 is 15.4. The van der Waals surface area contributed by atoms with Gasteiger partial charge in [0, 0.05) is 12.5 Å². The van der Waals surface area contributed by atoms with Gasteiger partial charge >= 0.3 is 5.97 Å². The molecule has 0 unspecified atom stereocenters. The maximum atomic E-state index is 12.1. The molecule has 1 N–H and O–H groups in total. The lowest BCUT2D eigenvalue weighted by Crippen LogP contribution is -2.09. The van der Waals surface area contributed by atoms with E-state index in [0.717, 1.165) is 5.56 Å². The molecule has 2 aromatic rings. The van der Waals surface area contributed by atoms with E-state index >= 15 is 0 Å². The highest BCUT2D eigenvalue weighted by atomic mass is 16.5. The zero-order valence-corrected chi connectivity index (χ0v) is 14.5. The summed E-state index contributed by atoms with van der Waals surface area (Å²) in [6.45, 7) is 1.93. The number of amides is 1. The molecule has 25 heavy (non-hydrogen) atoms. The molecule has 0 atom stereocenters. The van der Waals surface area contributed by atoms with Crippen LogP contribution in [0.2, 0.25) is 0 Å². The van der Waals surface area contributed by atoms with Crippen molar-refractivity contribution in [3.63, 3.8) is 0 Å². The van der Waals surface area contributed by atoms with Gasteiger partial charge in [0.15, 0.2) is 0 Å². The molecule has 1 amide bonds. The zero-order chi connectivity index (χ0) is 18.2. The first-order valence-corrected chi connectivity index (χ1v) is 7.81. The van der Waals surface area contributed by atoms with Crippen molar-refractivity contribution in [2.24, 2.45) is 0 Å². The van der Waals surface area contributed by atoms with Crippen LogP contribution in [0.4, 0.5) is 5.69 Å². The molecule has 0 spiro atoms. The number of rotatable bonds is 7. The molecular formula is C19H21NO5. The highest BCUT2D eigenvalue weighted by Gasteiger charge is 2.07. The van der Waals surface area contributed by atoms with Crippen molar-refractivity contribution >= 4 is 23.6 Å². The van der Waals surface area contributed by atoms with Crippen molar-refractivity contribution in [3.05, 3.63) is 53.5 Å². The average molecular weight is 343 g/mol. The second-order valence-corrected chi connectivity index (χ2v) is 5.41. The fourth-order valence-corrected chi connectivity index (χ4v) is 2.20. The van der Waals surface area contributed by atoms with Crippen LogP contribution in [-0.4, -0.2) is 26.1 Å². The first-order chi connectivity index (χ1) is 12.0. The molecule has 1 heterocycles. The monoisotopic (exact) mass is 343 g/mol. The fourth-order valence-electron chi connectivity index (χ4n) is 2.20. The first kappa shape index (κ1) is 18.3. The maximum Gasteiger partial charge on any atom is 0.305 e. The summed E-state index contributed by atoms with van der Waals surface area (Å²) in [5, 5.41) is 2.77. The molecule has 0 aliphatic heterocycles. The highest BCUT2D eigenvalue weighted by Crippen LogP contribution is 2.25. The summed E-state index contributed by atoms with van der Waals surface area (Å²) in [7, 11) is 2.90. The molecule has 0 saturated carbocycles. The number of anilines is 1. The quantitative estimate of drug-likeness (QED) is 0.616. The van der Waals surface area contributed by atoms with Gasteiger partial charge in [-0.05, 0) is 42.8 Å². The summed E-state index contributed by atoms with van der Waals surface area (Å²) in [5.74, 6) is 1.20. The third-order valence-corrected chi connectivity index (χ3v) is 3.50. The number of methoxy groups -OCH3 is 2. The minimum Gasteiger partial charge on any atom is -0.495 e. The van der Waals surface area contributed by atoms with Crippen LogP contribution in [-0.2, 0) is 20.7 Å². The fraction of sp³-hybridized carbons (Fsp3) is 0.263. The van der Waals surface area contributed by atoms with Gasteiger partial charge in [0.05, 0.1) is 26.3 Å². The predicted octanol–water partition coefficient (Wildman–Crippen LogP) is 3.35. The molecule has 1 aromatic carbocycles. The Balaban J connectivity index is 1.95. The summed E-state index contributed by atoms with van der Waals surface area (Å²) in [5.41, 5.74) is 1.62. The molecule has 0 aliphatic carbocycles. The Bertz CT molecular complexity index is 776. The number of hydrogen-bond donors (Lipinski definition) is 1. The number of aryl methyl sites for hydroxylation is 2. The van der Waals surface area contributed by atoms with Gasteiger partial charge in [-0.15, -0.1) is 0 Å². The van der Waals surface area contributed by atoms with Crippen molar-refractivity contribution in [1.82, 2.24) is 0 Å². The smallest absolute Gasteiger partial charge is 0.305 e. The normalized spacial score (nSPS) is 10.7. The number of hydrogen-bond acceptors (Lipinski definition) is 5. The first-order valence-electron chi connectivity index (χ1n) is 7.81. The number of benzene rings is 1. The van der Waals surface area contributed by atoms with Crippen molar-refractivity contribution in [3.8, 4) is 5.75 Å². The predicted molar refractivity (Wildman–Crippen MR) is 94.4 cm³/mol. The third kappa shape index (κ3) is 5.53. The number of ether oxygens (including phenoxy) is 2. The van der Waals surface area contributed by atoms with E-state index in [0.29, 0.717) is 29.4 Å². The molecule has 0 bridgehead atoms. The summed E-state index contributed by atoms with van der Waals surface area (Å²) in [6.07, 6.45) is 3.65. The minimum atomic E-state index is -0.295. The lowest BCUT2D eigenvalue weighted by Gasteiger charge is -2.09.